The van der Waals surface area contributed by atoms with Crippen molar-refractivity contribution in [3.05, 3.63) is 29.1 Å². The lowest BCUT2D eigenvalue weighted by atomic mass is 9.98. The Kier molecular flexibility index (Phi) is 4.57. The summed E-state index contributed by atoms with van der Waals surface area (Å²) in [6.45, 7) is 0.850. The minimum Gasteiger partial charge on any atom is -0.503 e. The van der Waals surface area contributed by atoms with Crippen LogP contribution in [-0.4, -0.2) is 34.3 Å². The van der Waals surface area contributed by atoms with Gasteiger partial charge in [-0.2, -0.15) is 4.39 Å². The zero-order chi connectivity index (χ0) is 14.9. The molecule has 1 aromatic carbocycles. The van der Waals surface area contributed by atoms with Crippen molar-refractivity contribution in [3.63, 3.8) is 0 Å². The normalized spacial score (nSPS) is 16.5. The predicted octanol–water partition coefficient (Wildman–Crippen LogP) is 3.06. The Morgan fingerprint density at radius 3 is 2.45 bits per heavy atom. The SMILES string of the molecule is O=C(c1cc(F)c(F)c(O)c1F)N1CCC(CBr)CC1. The van der Waals surface area contributed by atoms with Gasteiger partial charge in [0.05, 0.1) is 5.56 Å². The summed E-state index contributed by atoms with van der Waals surface area (Å²) in [7, 11) is 0. The van der Waals surface area contributed by atoms with E-state index in [9.17, 15) is 18.0 Å². The average Bonchev–Trinajstić information content (AvgIpc) is 2.48. The van der Waals surface area contributed by atoms with Crippen LogP contribution in [0.2, 0.25) is 0 Å². The van der Waals surface area contributed by atoms with Crippen LogP contribution in [0.3, 0.4) is 0 Å². The number of halogens is 4. The third-order valence-electron chi connectivity index (χ3n) is 3.48. The van der Waals surface area contributed by atoms with Crippen molar-refractivity contribution in [3.8, 4) is 5.75 Å². The molecule has 1 aliphatic rings. The Balaban J connectivity index is 2.22. The highest BCUT2D eigenvalue weighted by Crippen LogP contribution is 2.28. The highest BCUT2D eigenvalue weighted by atomic mass is 79.9. The van der Waals surface area contributed by atoms with Gasteiger partial charge >= 0.3 is 0 Å². The molecule has 1 aromatic rings. The standard InChI is InChI=1S/C13H13BrF3NO2/c14-6-7-1-3-18(4-2-7)13(20)8-5-9(15)11(17)12(19)10(8)16/h5,7,19H,1-4,6H2. The smallest absolute Gasteiger partial charge is 0.257 e. The Hall–Kier alpha value is -1.24. The third-order valence-corrected chi connectivity index (χ3v) is 4.40. The number of likely N-dealkylation sites (tertiary alicyclic amines) is 1. The van der Waals surface area contributed by atoms with Gasteiger partial charge in [-0.05, 0) is 24.8 Å². The van der Waals surface area contributed by atoms with E-state index >= 15 is 0 Å². The zero-order valence-corrected chi connectivity index (χ0v) is 12.1. The molecule has 110 valence electrons. The summed E-state index contributed by atoms with van der Waals surface area (Å²) in [4.78, 5) is 13.5. The van der Waals surface area contributed by atoms with Gasteiger partial charge in [0.25, 0.3) is 5.91 Å². The summed E-state index contributed by atoms with van der Waals surface area (Å²) in [5.74, 6) is -6.29. The molecule has 0 atom stereocenters. The number of phenolic OH excluding ortho intramolecular Hbond substituents is 1. The van der Waals surface area contributed by atoms with Crippen molar-refractivity contribution in [1.82, 2.24) is 4.90 Å². The molecule has 7 heteroatoms. The second-order valence-corrected chi connectivity index (χ2v) is 5.42. The number of carbonyl (C=O) groups is 1. The second kappa shape index (κ2) is 6.03. The van der Waals surface area contributed by atoms with E-state index < -0.39 is 34.7 Å². The lowest BCUT2D eigenvalue weighted by molar-refractivity contribution is 0.0692. The molecule has 20 heavy (non-hydrogen) atoms. The summed E-state index contributed by atoms with van der Waals surface area (Å²) >= 11 is 3.36. The number of benzene rings is 1. The van der Waals surface area contributed by atoms with Gasteiger partial charge in [-0.15, -0.1) is 0 Å². The minimum absolute atomic E-state index is 0.425. The Morgan fingerprint density at radius 2 is 1.90 bits per heavy atom. The molecule has 1 N–H and O–H groups in total. The van der Waals surface area contributed by atoms with Crippen LogP contribution < -0.4 is 0 Å². The van der Waals surface area contributed by atoms with E-state index in [1.54, 1.807) is 0 Å². The fourth-order valence-electron chi connectivity index (χ4n) is 2.21. The average molecular weight is 352 g/mol. The molecule has 0 saturated carbocycles. The summed E-state index contributed by atoms with van der Waals surface area (Å²) in [5, 5.41) is 9.96. The van der Waals surface area contributed by atoms with Crippen molar-refractivity contribution >= 4 is 21.8 Å². The van der Waals surface area contributed by atoms with Crippen LogP contribution in [0.25, 0.3) is 0 Å². The molecular weight excluding hydrogens is 339 g/mol. The van der Waals surface area contributed by atoms with E-state index in [1.807, 2.05) is 0 Å². The summed E-state index contributed by atoms with van der Waals surface area (Å²) in [6.07, 6.45) is 1.52. The van der Waals surface area contributed by atoms with E-state index in [-0.39, 0.29) is 0 Å². The number of nitrogens with zero attached hydrogens (tertiary/aromatic N) is 1. The first-order chi connectivity index (χ1) is 9.45. The first-order valence-electron chi connectivity index (χ1n) is 6.17. The van der Waals surface area contributed by atoms with Crippen LogP contribution in [-0.2, 0) is 0 Å². The van der Waals surface area contributed by atoms with E-state index in [0.717, 1.165) is 18.2 Å². The number of amides is 1. The molecule has 1 aliphatic heterocycles. The largest absolute Gasteiger partial charge is 0.503 e. The molecule has 2 rings (SSSR count). The maximum absolute atomic E-state index is 13.7. The highest BCUT2D eigenvalue weighted by Gasteiger charge is 2.28. The fourth-order valence-corrected chi connectivity index (χ4v) is 2.85. The molecule has 1 saturated heterocycles. The van der Waals surface area contributed by atoms with Crippen molar-refractivity contribution < 1.29 is 23.1 Å². The number of carbonyl (C=O) groups excluding carboxylic acids is 1. The van der Waals surface area contributed by atoms with Crippen molar-refractivity contribution in [2.45, 2.75) is 12.8 Å². The molecule has 3 nitrogen and oxygen atoms in total. The molecule has 1 fully saturated rings. The molecule has 0 spiro atoms. The van der Waals surface area contributed by atoms with Crippen molar-refractivity contribution in [2.24, 2.45) is 5.92 Å². The van der Waals surface area contributed by atoms with Gasteiger partial charge in [0.2, 0.25) is 5.82 Å². The molecule has 0 aliphatic carbocycles. The second-order valence-electron chi connectivity index (χ2n) is 4.77. The number of rotatable bonds is 2. The molecule has 0 radical (unpaired) electrons. The number of piperidine rings is 1. The monoisotopic (exact) mass is 351 g/mol. The van der Waals surface area contributed by atoms with Crippen LogP contribution in [0, 0.1) is 23.4 Å². The van der Waals surface area contributed by atoms with E-state index in [1.165, 1.54) is 4.90 Å². The molecule has 0 bridgehead atoms. The zero-order valence-electron chi connectivity index (χ0n) is 10.5. The number of aromatic hydroxyl groups is 1. The van der Waals surface area contributed by atoms with Gasteiger partial charge in [0.1, 0.15) is 0 Å². The maximum atomic E-state index is 13.7. The molecule has 0 unspecified atom stereocenters. The number of alkyl halides is 1. The first kappa shape index (κ1) is 15.2. The van der Waals surface area contributed by atoms with Gasteiger partial charge in [-0.25, -0.2) is 8.78 Å². The van der Waals surface area contributed by atoms with E-state index in [0.29, 0.717) is 25.1 Å². The topological polar surface area (TPSA) is 40.5 Å². The Labute approximate surface area is 122 Å². The molecule has 1 amide bonds. The van der Waals surface area contributed by atoms with Crippen molar-refractivity contribution in [2.75, 3.05) is 18.4 Å². The van der Waals surface area contributed by atoms with Crippen LogP contribution in [0.4, 0.5) is 13.2 Å². The molecule has 0 aromatic heterocycles. The fraction of sp³-hybridized carbons (Fsp3) is 0.462. The Morgan fingerprint density at radius 1 is 1.30 bits per heavy atom. The summed E-state index contributed by atoms with van der Waals surface area (Å²) < 4.78 is 39.8. The van der Waals surface area contributed by atoms with Gasteiger partial charge < -0.3 is 10.0 Å². The van der Waals surface area contributed by atoms with Gasteiger partial charge in [-0.1, -0.05) is 15.9 Å². The van der Waals surface area contributed by atoms with Crippen LogP contribution in [0.1, 0.15) is 23.2 Å². The lowest BCUT2D eigenvalue weighted by Gasteiger charge is -2.31. The van der Waals surface area contributed by atoms with Crippen LogP contribution in [0.15, 0.2) is 6.07 Å². The molecular formula is C13H13BrF3NO2. The number of hydrogen-bond donors (Lipinski definition) is 1. The summed E-state index contributed by atoms with van der Waals surface area (Å²) in [5.41, 5.74) is -0.640. The van der Waals surface area contributed by atoms with Crippen LogP contribution >= 0.6 is 15.9 Å². The number of hydrogen-bond acceptors (Lipinski definition) is 2. The van der Waals surface area contributed by atoms with Gasteiger partial charge in [0.15, 0.2) is 17.4 Å². The van der Waals surface area contributed by atoms with Gasteiger partial charge in [0, 0.05) is 18.4 Å². The predicted molar refractivity (Wildman–Crippen MR) is 70.4 cm³/mol. The lowest BCUT2D eigenvalue weighted by Crippen LogP contribution is -2.39. The highest BCUT2D eigenvalue weighted by molar-refractivity contribution is 9.09. The van der Waals surface area contributed by atoms with E-state index in [4.69, 9.17) is 5.11 Å². The maximum Gasteiger partial charge on any atom is 0.257 e. The quantitative estimate of drug-likeness (QED) is 0.657. The summed E-state index contributed by atoms with van der Waals surface area (Å²) in [6, 6.07) is 0.489. The third kappa shape index (κ3) is 2.77. The van der Waals surface area contributed by atoms with E-state index in [2.05, 4.69) is 15.9 Å². The van der Waals surface area contributed by atoms with Crippen LogP contribution in [0.5, 0.6) is 5.75 Å². The van der Waals surface area contributed by atoms with Crippen molar-refractivity contribution in [1.29, 1.82) is 0 Å². The van der Waals surface area contributed by atoms with Gasteiger partial charge in [-0.3, -0.25) is 4.79 Å². The molecule has 1 heterocycles. The minimum atomic E-state index is -1.68. The Bertz CT molecular complexity index is 531. The number of phenols is 1. The first-order valence-corrected chi connectivity index (χ1v) is 7.29.